The van der Waals surface area contributed by atoms with Crippen molar-refractivity contribution in [2.24, 2.45) is 5.16 Å². The van der Waals surface area contributed by atoms with Crippen LogP contribution >= 0.6 is 15.9 Å². The zero-order valence-electron chi connectivity index (χ0n) is 12.9. The van der Waals surface area contributed by atoms with E-state index in [2.05, 4.69) is 21.1 Å². The van der Waals surface area contributed by atoms with Gasteiger partial charge in [-0.1, -0.05) is 11.2 Å². The molecule has 0 amide bonds. The van der Waals surface area contributed by atoms with E-state index in [0.29, 0.717) is 22.6 Å². The lowest BCUT2D eigenvalue weighted by atomic mass is 10.2. The molecule has 122 valence electrons. The molecule has 2 aromatic carbocycles. The summed E-state index contributed by atoms with van der Waals surface area (Å²) in [6.07, 6.45) is 1.58. The second-order valence-electron chi connectivity index (χ2n) is 4.60. The van der Waals surface area contributed by atoms with Gasteiger partial charge in [0.05, 0.1) is 24.4 Å². The van der Waals surface area contributed by atoms with E-state index < -0.39 is 0 Å². The summed E-state index contributed by atoms with van der Waals surface area (Å²) in [5.41, 5.74) is 1.64. The summed E-state index contributed by atoms with van der Waals surface area (Å²) < 4.78 is 24.3. The SMILES string of the molecule is CCOc1ccc(/C=N/OCc2ccc(F)c(Br)c2)cc1OC. The summed E-state index contributed by atoms with van der Waals surface area (Å²) in [6.45, 7) is 2.74. The molecule has 0 unspecified atom stereocenters. The van der Waals surface area contributed by atoms with E-state index in [0.717, 1.165) is 11.1 Å². The Morgan fingerprint density at radius 2 is 2.00 bits per heavy atom. The molecule has 0 heterocycles. The van der Waals surface area contributed by atoms with E-state index in [1.807, 2.05) is 25.1 Å². The van der Waals surface area contributed by atoms with Crippen LogP contribution in [-0.2, 0) is 11.4 Å². The van der Waals surface area contributed by atoms with Gasteiger partial charge in [-0.2, -0.15) is 0 Å². The van der Waals surface area contributed by atoms with Crippen molar-refractivity contribution in [3.8, 4) is 11.5 Å². The van der Waals surface area contributed by atoms with Crippen LogP contribution in [0.4, 0.5) is 4.39 Å². The summed E-state index contributed by atoms with van der Waals surface area (Å²) in [7, 11) is 1.58. The number of nitrogens with zero attached hydrogens (tertiary/aromatic N) is 1. The first-order valence-corrected chi connectivity index (χ1v) is 7.83. The van der Waals surface area contributed by atoms with E-state index in [9.17, 15) is 4.39 Å². The van der Waals surface area contributed by atoms with Crippen LogP contribution in [0.5, 0.6) is 11.5 Å². The van der Waals surface area contributed by atoms with Crippen LogP contribution in [0.2, 0.25) is 0 Å². The van der Waals surface area contributed by atoms with Crippen molar-refractivity contribution in [3.05, 3.63) is 57.8 Å². The first-order chi connectivity index (χ1) is 11.1. The Morgan fingerprint density at radius 1 is 1.17 bits per heavy atom. The Hall–Kier alpha value is -2.08. The predicted molar refractivity (Wildman–Crippen MR) is 90.6 cm³/mol. The van der Waals surface area contributed by atoms with E-state index in [1.165, 1.54) is 6.07 Å². The van der Waals surface area contributed by atoms with Crippen molar-refractivity contribution in [1.29, 1.82) is 0 Å². The minimum absolute atomic E-state index is 0.254. The normalized spacial score (nSPS) is 10.8. The molecule has 0 atom stereocenters. The molecule has 0 saturated carbocycles. The number of ether oxygens (including phenoxy) is 2. The lowest BCUT2D eigenvalue weighted by molar-refractivity contribution is 0.132. The monoisotopic (exact) mass is 381 g/mol. The molecule has 0 radical (unpaired) electrons. The Kier molecular flexibility index (Phi) is 6.40. The highest BCUT2D eigenvalue weighted by molar-refractivity contribution is 9.10. The molecule has 23 heavy (non-hydrogen) atoms. The highest BCUT2D eigenvalue weighted by Gasteiger charge is 2.04. The lowest BCUT2D eigenvalue weighted by Gasteiger charge is -2.09. The summed E-state index contributed by atoms with van der Waals surface area (Å²) in [6, 6.07) is 10.2. The summed E-state index contributed by atoms with van der Waals surface area (Å²) >= 11 is 3.13. The molecule has 2 aromatic rings. The molecule has 0 spiro atoms. The maximum atomic E-state index is 13.1. The Morgan fingerprint density at radius 3 is 2.70 bits per heavy atom. The van der Waals surface area contributed by atoms with Crippen LogP contribution in [-0.4, -0.2) is 19.9 Å². The minimum atomic E-state index is -0.307. The smallest absolute Gasteiger partial charge is 0.161 e. The van der Waals surface area contributed by atoms with Crippen molar-refractivity contribution in [2.75, 3.05) is 13.7 Å². The molecule has 0 aliphatic carbocycles. The standard InChI is InChI=1S/C17H17BrFNO3/c1-3-22-16-7-5-12(9-17(16)21-2)10-20-23-11-13-4-6-15(19)14(18)8-13/h4-10H,3,11H2,1-2H3/b20-10+. The minimum Gasteiger partial charge on any atom is -0.493 e. The van der Waals surface area contributed by atoms with Gasteiger partial charge in [0, 0.05) is 5.56 Å². The summed E-state index contributed by atoms with van der Waals surface area (Å²) in [5, 5.41) is 3.91. The van der Waals surface area contributed by atoms with Gasteiger partial charge in [0.2, 0.25) is 0 Å². The van der Waals surface area contributed by atoms with Gasteiger partial charge >= 0.3 is 0 Å². The molecule has 2 rings (SSSR count). The third-order valence-electron chi connectivity index (χ3n) is 2.98. The molecule has 0 saturated heterocycles. The van der Waals surface area contributed by atoms with Gasteiger partial charge in [0.25, 0.3) is 0 Å². The fraction of sp³-hybridized carbons (Fsp3) is 0.235. The van der Waals surface area contributed by atoms with Crippen molar-refractivity contribution >= 4 is 22.1 Å². The van der Waals surface area contributed by atoms with E-state index >= 15 is 0 Å². The molecule has 0 fully saturated rings. The fourth-order valence-electron chi connectivity index (χ4n) is 1.88. The Bertz CT molecular complexity index is 692. The second kappa shape index (κ2) is 8.53. The number of oxime groups is 1. The van der Waals surface area contributed by atoms with Crippen LogP contribution < -0.4 is 9.47 Å². The topological polar surface area (TPSA) is 40.0 Å². The number of benzene rings is 2. The van der Waals surface area contributed by atoms with E-state index in [-0.39, 0.29) is 12.4 Å². The van der Waals surface area contributed by atoms with Crippen molar-refractivity contribution in [3.63, 3.8) is 0 Å². The van der Waals surface area contributed by atoms with E-state index in [4.69, 9.17) is 14.3 Å². The van der Waals surface area contributed by atoms with Crippen LogP contribution in [0.15, 0.2) is 46.0 Å². The van der Waals surface area contributed by atoms with Gasteiger partial charge in [0.1, 0.15) is 12.4 Å². The highest BCUT2D eigenvalue weighted by atomic mass is 79.9. The van der Waals surface area contributed by atoms with Gasteiger partial charge in [0.15, 0.2) is 11.5 Å². The average Bonchev–Trinajstić information content (AvgIpc) is 2.56. The molecule has 0 N–H and O–H groups in total. The second-order valence-corrected chi connectivity index (χ2v) is 5.45. The Balaban J connectivity index is 1.96. The van der Waals surface area contributed by atoms with Crippen LogP contribution in [0.25, 0.3) is 0 Å². The summed E-state index contributed by atoms with van der Waals surface area (Å²) in [5.74, 6) is 1.02. The van der Waals surface area contributed by atoms with Crippen molar-refractivity contribution < 1.29 is 18.7 Å². The zero-order chi connectivity index (χ0) is 16.7. The lowest BCUT2D eigenvalue weighted by Crippen LogP contribution is -1.96. The third-order valence-corrected chi connectivity index (χ3v) is 3.59. The molecule has 0 aliphatic rings. The van der Waals surface area contributed by atoms with Gasteiger partial charge in [-0.15, -0.1) is 0 Å². The maximum absolute atomic E-state index is 13.1. The fourth-order valence-corrected chi connectivity index (χ4v) is 2.30. The largest absolute Gasteiger partial charge is 0.493 e. The average molecular weight is 382 g/mol. The molecular formula is C17H17BrFNO3. The Labute approximate surface area is 143 Å². The molecule has 4 nitrogen and oxygen atoms in total. The first kappa shape index (κ1) is 17.3. The van der Waals surface area contributed by atoms with Crippen molar-refractivity contribution in [2.45, 2.75) is 13.5 Å². The van der Waals surface area contributed by atoms with E-state index in [1.54, 1.807) is 25.5 Å². The first-order valence-electron chi connectivity index (χ1n) is 7.04. The number of methoxy groups -OCH3 is 1. The van der Waals surface area contributed by atoms with Crippen LogP contribution in [0.1, 0.15) is 18.1 Å². The van der Waals surface area contributed by atoms with Gasteiger partial charge in [-0.3, -0.25) is 0 Å². The molecule has 0 aromatic heterocycles. The van der Waals surface area contributed by atoms with Crippen LogP contribution in [0.3, 0.4) is 0 Å². The molecule has 6 heteroatoms. The zero-order valence-corrected chi connectivity index (χ0v) is 14.5. The third kappa shape index (κ3) is 4.96. The highest BCUT2D eigenvalue weighted by Crippen LogP contribution is 2.27. The molecule has 0 bridgehead atoms. The van der Waals surface area contributed by atoms with Crippen molar-refractivity contribution in [1.82, 2.24) is 0 Å². The predicted octanol–water partition coefficient (Wildman–Crippen LogP) is 4.55. The quantitative estimate of drug-likeness (QED) is 0.521. The van der Waals surface area contributed by atoms with Gasteiger partial charge < -0.3 is 14.3 Å². The van der Waals surface area contributed by atoms with Gasteiger partial charge in [-0.25, -0.2) is 4.39 Å². The number of hydrogen-bond acceptors (Lipinski definition) is 4. The number of halogens is 2. The van der Waals surface area contributed by atoms with Gasteiger partial charge in [-0.05, 0) is 58.7 Å². The summed E-state index contributed by atoms with van der Waals surface area (Å²) in [4.78, 5) is 5.22. The molecule has 0 aliphatic heterocycles. The number of rotatable bonds is 7. The number of hydrogen-bond donors (Lipinski definition) is 0. The van der Waals surface area contributed by atoms with Crippen LogP contribution in [0, 0.1) is 5.82 Å². The maximum Gasteiger partial charge on any atom is 0.161 e. The molecular weight excluding hydrogens is 365 g/mol.